The molecule has 132 valence electrons. The van der Waals surface area contributed by atoms with Crippen LogP contribution < -0.4 is 10.1 Å². The second kappa shape index (κ2) is 8.80. The van der Waals surface area contributed by atoms with Gasteiger partial charge in [-0.05, 0) is 71.5 Å². The molecule has 3 rings (SSSR count). The van der Waals surface area contributed by atoms with E-state index in [2.05, 4.69) is 32.9 Å². The third kappa shape index (κ3) is 4.82. The second-order valence-electron chi connectivity index (χ2n) is 5.86. The maximum absolute atomic E-state index is 12.5. The molecule has 0 saturated carbocycles. The number of rotatable bonds is 6. The average molecular weight is 458 g/mol. The number of halogens is 1. The van der Waals surface area contributed by atoms with E-state index in [4.69, 9.17) is 4.74 Å². The summed E-state index contributed by atoms with van der Waals surface area (Å²) in [4.78, 5) is 16.7. The zero-order valence-corrected chi connectivity index (χ0v) is 16.5. The van der Waals surface area contributed by atoms with Crippen LogP contribution in [0.3, 0.4) is 0 Å². The Hall–Kier alpha value is -2.41. The Balaban J connectivity index is 1.65. The molecule has 1 atom stereocenters. The molecule has 1 amide bonds. The Labute approximate surface area is 166 Å². The molecule has 0 radical (unpaired) electrons. The molecule has 4 nitrogen and oxygen atoms in total. The predicted molar refractivity (Wildman–Crippen MR) is 110 cm³/mol. The van der Waals surface area contributed by atoms with E-state index in [9.17, 15) is 4.79 Å². The van der Waals surface area contributed by atoms with Crippen LogP contribution in [0.5, 0.6) is 5.75 Å². The van der Waals surface area contributed by atoms with Gasteiger partial charge in [0.1, 0.15) is 12.4 Å². The number of hydrogen-bond donors (Lipinski definition) is 1. The number of hydrogen-bond acceptors (Lipinski definition) is 3. The number of carbonyl (C=O) groups excluding carboxylic acids is 1. The first-order valence-electron chi connectivity index (χ1n) is 8.31. The normalized spacial score (nSPS) is 11.6. The average Bonchev–Trinajstić information content (AvgIpc) is 2.67. The summed E-state index contributed by atoms with van der Waals surface area (Å²) < 4.78 is 6.75. The van der Waals surface area contributed by atoms with Gasteiger partial charge in [-0.25, -0.2) is 0 Å². The first-order chi connectivity index (χ1) is 12.6. The SMILES string of the molecule is CC(NC(=O)c1ccccc1I)c1cccc(OCc2ccccn2)c1. The van der Waals surface area contributed by atoms with E-state index in [1.165, 1.54) is 0 Å². The summed E-state index contributed by atoms with van der Waals surface area (Å²) in [5.41, 5.74) is 2.54. The van der Waals surface area contributed by atoms with Crippen LogP contribution in [-0.4, -0.2) is 10.9 Å². The van der Waals surface area contributed by atoms with E-state index in [1.807, 2.05) is 73.7 Å². The third-order valence-corrected chi connectivity index (χ3v) is 4.88. The summed E-state index contributed by atoms with van der Waals surface area (Å²) in [6.45, 7) is 2.37. The van der Waals surface area contributed by atoms with E-state index in [0.717, 1.165) is 20.6 Å². The predicted octanol–water partition coefficient (Wildman–Crippen LogP) is 4.76. The van der Waals surface area contributed by atoms with Gasteiger partial charge in [0.05, 0.1) is 17.3 Å². The monoisotopic (exact) mass is 458 g/mol. The minimum absolute atomic E-state index is 0.0812. The number of ether oxygens (including phenoxy) is 1. The number of nitrogens with zero attached hydrogens (tertiary/aromatic N) is 1. The van der Waals surface area contributed by atoms with Gasteiger partial charge in [-0.3, -0.25) is 9.78 Å². The van der Waals surface area contributed by atoms with Crippen LogP contribution in [-0.2, 0) is 6.61 Å². The lowest BCUT2D eigenvalue weighted by Crippen LogP contribution is -2.27. The van der Waals surface area contributed by atoms with Crippen molar-refractivity contribution in [3.8, 4) is 5.75 Å². The highest BCUT2D eigenvalue weighted by atomic mass is 127. The zero-order valence-electron chi connectivity index (χ0n) is 14.4. The molecule has 1 unspecified atom stereocenters. The van der Waals surface area contributed by atoms with Gasteiger partial charge in [-0.15, -0.1) is 0 Å². The van der Waals surface area contributed by atoms with Crippen LogP contribution in [0, 0.1) is 3.57 Å². The maximum atomic E-state index is 12.5. The number of amides is 1. The number of carbonyl (C=O) groups is 1. The molecule has 3 aromatic rings. The van der Waals surface area contributed by atoms with Crippen molar-refractivity contribution in [2.24, 2.45) is 0 Å². The number of benzene rings is 2. The van der Waals surface area contributed by atoms with Crippen molar-refractivity contribution in [2.45, 2.75) is 19.6 Å². The highest BCUT2D eigenvalue weighted by Gasteiger charge is 2.14. The van der Waals surface area contributed by atoms with Crippen molar-refractivity contribution in [3.63, 3.8) is 0 Å². The van der Waals surface area contributed by atoms with Crippen LogP contribution in [0.2, 0.25) is 0 Å². The van der Waals surface area contributed by atoms with Gasteiger partial charge < -0.3 is 10.1 Å². The van der Waals surface area contributed by atoms with Gasteiger partial charge in [-0.2, -0.15) is 0 Å². The molecule has 0 spiro atoms. The van der Waals surface area contributed by atoms with E-state index in [-0.39, 0.29) is 11.9 Å². The van der Waals surface area contributed by atoms with Gasteiger partial charge >= 0.3 is 0 Å². The minimum atomic E-state index is -0.128. The van der Waals surface area contributed by atoms with Crippen LogP contribution in [0.25, 0.3) is 0 Å². The first-order valence-corrected chi connectivity index (χ1v) is 9.39. The zero-order chi connectivity index (χ0) is 18.4. The van der Waals surface area contributed by atoms with Gasteiger partial charge in [-0.1, -0.05) is 30.3 Å². The van der Waals surface area contributed by atoms with E-state index < -0.39 is 0 Å². The molecule has 0 aliphatic rings. The lowest BCUT2D eigenvalue weighted by Gasteiger charge is -2.16. The summed E-state index contributed by atoms with van der Waals surface area (Å²) in [7, 11) is 0. The highest BCUT2D eigenvalue weighted by molar-refractivity contribution is 14.1. The molecule has 2 aromatic carbocycles. The molecule has 0 bridgehead atoms. The first kappa shape index (κ1) is 18.4. The van der Waals surface area contributed by atoms with Crippen molar-refractivity contribution in [1.82, 2.24) is 10.3 Å². The summed E-state index contributed by atoms with van der Waals surface area (Å²) in [6.07, 6.45) is 1.75. The molecular formula is C21H19IN2O2. The summed E-state index contributed by atoms with van der Waals surface area (Å²) in [5.74, 6) is 0.672. The molecule has 0 saturated heterocycles. The van der Waals surface area contributed by atoms with Crippen LogP contribution in [0.1, 0.15) is 34.6 Å². The fourth-order valence-electron chi connectivity index (χ4n) is 2.52. The summed E-state index contributed by atoms with van der Waals surface area (Å²) >= 11 is 2.17. The lowest BCUT2D eigenvalue weighted by molar-refractivity contribution is 0.0939. The molecule has 1 aromatic heterocycles. The third-order valence-electron chi connectivity index (χ3n) is 3.94. The van der Waals surface area contributed by atoms with Crippen molar-refractivity contribution in [1.29, 1.82) is 0 Å². The molecule has 0 aliphatic heterocycles. The molecule has 0 aliphatic carbocycles. The van der Waals surface area contributed by atoms with Crippen molar-refractivity contribution in [3.05, 3.63) is 93.3 Å². The molecular weight excluding hydrogens is 439 g/mol. The lowest BCUT2D eigenvalue weighted by atomic mass is 10.1. The maximum Gasteiger partial charge on any atom is 0.252 e. The van der Waals surface area contributed by atoms with Gasteiger partial charge in [0.2, 0.25) is 0 Å². The van der Waals surface area contributed by atoms with Crippen molar-refractivity contribution < 1.29 is 9.53 Å². The fourth-order valence-corrected chi connectivity index (χ4v) is 3.15. The molecule has 1 N–H and O–H groups in total. The Bertz CT molecular complexity index is 884. The summed E-state index contributed by atoms with van der Waals surface area (Å²) in [6, 6.07) is 20.9. The highest BCUT2D eigenvalue weighted by Crippen LogP contribution is 2.21. The van der Waals surface area contributed by atoms with E-state index in [1.54, 1.807) is 6.20 Å². The smallest absolute Gasteiger partial charge is 0.252 e. The standard InChI is InChI=1S/C21H19IN2O2/c1-15(24-21(25)19-10-2-3-11-20(19)22)16-7-6-9-18(13-16)26-14-17-8-4-5-12-23-17/h2-13,15H,14H2,1H3,(H,24,25). The van der Waals surface area contributed by atoms with Gasteiger partial charge in [0, 0.05) is 9.77 Å². The van der Waals surface area contributed by atoms with Gasteiger partial charge in [0.15, 0.2) is 0 Å². The van der Waals surface area contributed by atoms with Crippen molar-refractivity contribution >= 4 is 28.5 Å². The number of nitrogens with one attached hydrogen (secondary N) is 1. The number of aromatic nitrogens is 1. The second-order valence-corrected chi connectivity index (χ2v) is 7.02. The van der Waals surface area contributed by atoms with Crippen LogP contribution in [0.4, 0.5) is 0 Å². The van der Waals surface area contributed by atoms with E-state index in [0.29, 0.717) is 12.2 Å². The number of pyridine rings is 1. The van der Waals surface area contributed by atoms with Crippen LogP contribution in [0.15, 0.2) is 72.9 Å². The molecule has 26 heavy (non-hydrogen) atoms. The van der Waals surface area contributed by atoms with Crippen molar-refractivity contribution in [2.75, 3.05) is 0 Å². The Morgan fingerprint density at radius 3 is 2.69 bits per heavy atom. The van der Waals surface area contributed by atoms with E-state index >= 15 is 0 Å². The molecule has 5 heteroatoms. The quantitative estimate of drug-likeness (QED) is 0.543. The topological polar surface area (TPSA) is 51.2 Å². The largest absolute Gasteiger partial charge is 0.487 e. The Morgan fingerprint density at radius 2 is 1.92 bits per heavy atom. The van der Waals surface area contributed by atoms with Gasteiger partial charge in [0.25, 0.3) is 5.91 Å². The fraction of sp³-hybridized carbons (Fsp3) is 0.143. The minimum Gasteiger partial charge on any atom is -0.487 e. The Kier molecular flexibility index (Phi) is 6.22. The molecule has 1 heterocycles. The molecule has 0 fully saturated rings. The Morgan fingerprint density at radius 1 is 1.12 bits per heavy atom. The van der Waals surface area contributed by atoms with Crippen LogP contribution >= 0.6 is 22.6 Å². The summed E-state index contributed by atoms with van der Waals surface area (Å²) in [5, 5.41) is 3.04.